The van der Waals surface area contributed by atoms with Crippen molar-refractivity contribution in [3.05, 3.63) is 59.2 Å². The van der Waals surface area contributed by atoms with Gasteiger partial charge in [-0.2, -0.15) is 13.2 Å². The third kappa shape index (κ3) is 4.12. The van der Waals surface area contributed by atoms with Gasteiger partial charge in [0.05, 0.1) is 0 Å². The van der Waals surface area contributed by atoms with Crippen molar-refractivity contribution in [1.82, 2.24) is 4.98 Å². The molecule has 0 spiro atoms. The maximum atomic E-state index is 14.2. The number of primary amides is 1. The molecule has 3 rings (SSSR count). The van der Waals surface area contributed by atoms with Crippen molar-refractivity contribution in [3.63, 3.8) is 0 Å². The van der Waals surface area contributed by atoms with Crippen molar-refractivity contribution in [2.45, 2.75) is 44.6 Å². The summed E-state index contributed by atoms with van der Waals surface area (Å²) in [4.78, 5) is 28.0. The van der Waals surface area contributed by atoms with Crippen LogP contribution in [0.25, 0.3) is 0 Å². The van der Waals surface area contributed by atoms with Gasteiger partial charge in [0.25, 0.3) is 11.8 Å². The first-order valence-corrected chi connectivity index (χ1v) is 9.42. The quantitative estimate of drug-likeness (QED) is 0.711. The van der Waals surface area contributed by atoms with Gasteiger partial charge in [-0.25, -0.2) is 4.39 Å². The van der Waals surface area contributed by atoms with E-state index in [1.807, 2.05) is 0 Å². The van der Waals surface area contributed by atoms with Crippen LogP contribution in [0.4, 0.5) is 23.2 Å². The molecular formula is C21H21F4N3O3. The van der Waals surface area contributed by atoms with E-state index in [1.165, 1.54) is 44.3 Å². The van der Waals surface area contributed by atoms with Crippen LogP contribution < -0.4 is 11.1 Å². The molecule has 0 radical (unpaired) electrons. The summed E-state index contributed by atoms with van der Waals surface area (Å²) in [6, 6.07) is 6.61. The minimum absolute atomic E-state index is 0.111. The maximum Gasteiger partial charge on any atom is 0.417 e. The third-order valence-electron chi connectivity index (χ3n) is 5.79. The average molecular weight is 439 g/mol. The van der Waals surface area contributed by atoms with Gasteiger partial charge < -0.3 is 15.8 Å². The number of halogens is 4. The largest absolute Gasteiger partial charge is 0.417 e. The van der Waals surface area contributed by atoms with Gasteiger partial charge in [-0.1, -0.05) is 19.1 Å². The number of carbonyl (C=O) groups is 2. The molecule has 10 heteroatoms. The second kappa shape index (κ2) is 7.92. The molecule has 1 saturated heterocycles. The van der Waals surface area contributed by atoms with E-state index in [9.17, 15) is 27.2 Å². The fraction of sp³-hybridized carbons (Fsp3) is 0.381. The van der Waals surface area contributed by atoms with Crippen molar-refractivity contribution in [3.8, 4) is 0 Å². The maximum absolute atomic E-state index is 14.2. The molecule has 0 bridgehead atoms. The lowest BCUT2D eigenvalue weighted by Crippen LogP contribution is -2.47. The van der Waals surface area contributed by atoms with Gasteiger partial charge in [0, 0.05) is 23.7 Å². The smallest absolute Gasteiger partial charge is 0.364 e. The summed E-state index contributed by atoms with van der Waals surface area (Å²) in [5.41, 5.74) is 3.06. The van der Waals surface area contributed by atoms with E-state index in [4.69, 9.17) is 10.5 Å². The van der Waals surface area contributed by atoms with Crippen molar-refractivity contribution >= 4 is 17.5 Å². The third-order valence-corrected chi connectivity index (χ3v) is 5.79. The number of carbonyl (C=O) groups excluding carboxylic acids is 2. The molecule has 1 aliphatic heterocycles. The topological polar surface area (TPSA) is 94.3 Å². The monoisotopic (exact) mass is 439 g/mol. The number of nitrogens with one attached hydrogen (secondary N) is 1. The number of amides is 2. The second-order valence-electron chi connectivity index (χ2n) is 7.75. The van der Waals surface area contributed by atoms with Crippen LogP contribution in [0.1, 0.15) is 41.4 Å². The van der Waals surface area contributed by atoms with Crippen molar-refractivity contribution in [2.24, 2.45) is 11.7 Å². The number of rotatable bonds is 4. The lowest BCUT2D eigenvalue weighted by Gasteiger charge is -2.31. The highest BCUT2D eigenvalue weighted by atomic mass is 19.4. The number of pyridine rings is 1. The summed E-state index contributed by atoms with van der Waals surface area (Å²) in [6.45, 7) is 3.72. The van der Waals surface area contributed by atoms with E-state index in [2.05, 4.69) is 10.3 Å². The molecule has 2 aromatic rings. The highest BCUT2D eigenvalue weighted by Crippen LogP contribution is 2.53. The summed E-state index contributed by atoms with van der Waals surface area (Å²) in [7, 11) is 0. The number of hydrogen-bond donors (Lipinski definition) is 2. The van der Waals surface area contributed by atoms with Gasteiger partial charge in [-0.05, 0) is 43.2 Å². The standard InChI is InChI=1S/C21H21F4N3O3/c1-10-4-5-12(8-14(10)22)16-11(2)20(3,21(23,24)25)31-17(16)19(30)28-13-6-7-27-15(9-13)18(26)29/h4-9,11,16-17H,1-3H3,(H2,26,29)(H,27,28,30)/t11-,16-,17+,20+/m0/s1. The van der Waals surface area contributed by atoms with E-state index < -0.39 is 47.3 Å². The minimum Gasteiger partial charge on any atom is -0.364 e. The lowest BCUT2D eigenvalue weighted by atomic mass is 9.77. The molecule has 1 fully saturated rings. The molecular weight excluding hydrogens is 418 g/mol. The number of aryl methyl sites for hydroxylation is 1. The van der Waals surface area contributed by atoms with Crippen LogP contribution >= 0.6 is 0 Å². The Hall–Kier alpha value is -3.01. The Labute approximate surface area is 175 Å². The Bertz CT molecular complexity index is 1030. The predicted octanol–water partition coefficient (Wildman–Crippen LogP) is 3.71. The van der Waals surface area contributed by atoms with Crippen LogP contribution in [0, 0.1) is 18.7 Å². The van der Waals surface area contributed by atoms with Gasteiger partial charge in [0.1, 0.15) is 17.6 Å². The lowest BCUT2D eigenvalue weighted by molar-refractivity contribution is -0.272. The van der Waals surface area contributed by atoms with E-state index in [1.54, 1.807) is 0 Å². The van der Waals surface area contributed by atoms with Gasteiger partial charge >= 0.3 is 6.18 Å². The van der Waals surface area contributed by atoms with E-state index in [0.717, 1.165) is 13.0 Å². The molecule has 2 amide bonds. The van der Waals surface area contributed by atoms with Crippen LogP contribution in [0.15, 0.2) is 36.5 Å². The molecule has 4 atom stereocenters. The fourth-order valence-electron chi connectivity index (χ4n) is 3.73. The SMILES string of the molecule is Cc1ccc([C@H]2[C@H](C(=O)Nc3ccnc(C(N)=O)c3)O[C@@](C)(C(F)(F)F)[C@H]2C)cc1F. The number of ether oxygens (including phenoxy) is 1. The van der Waals surface area contributed by atoms with Gasteiger partial charge in [0.15, 0.2) is 5.60 Å². The predicted molar refractivity (Wildman–Crippen MR) is 104 cm³/mol. The van der Waals surface area contributed by atoms with Crippen molar-refractivity contribution in [2.75, 3.05) is 5.32 Å². The molecule has 31 heavy (non-hydrogen) atoms. The molecule has 1 aromatic carbocycles. The molecule has 1 aromatic heterocycles. The number of anilines is 1. The number of benzene rings is 1. The number of aromatic nitrogens is 1. The molecule has 0 unspecified atom stereocenters. The van der Waals surface area contributed by atoms with Crippen LogP contribution in [0.2, 0.25) is 0 Å². The molecule has 166 valence electrons. The average Bonchev–Trinajstić information content (AvgIpc) is 2.96. The van der Waals surface area contributed by atoms with Crippen LogP contribution in [-0.4, -0.2) is 34.7 Å². The first kappa shape index (κ1) is 22.7. The summed E-state index contributed by atoms with van der Waals surface area (Å²) >= 11 is 0. The number of nitrogens with zero attached hydrogens (tertiary/aromatic N) is 1. The first-order chi connectivity index (χ1) is 14.3. The normalized spacial score (nSPS) is 26.0. The Balaban J connectivity index is 2.00. The zero-order valence-corrected chi connectivity index (χ0v) is 17.0. The highest BCUT2D eigenvalue weighted by Gasteiger charge is 2.65. The Kier molecular flexibility index (Phi) is 5.79. The van der Waals surface area contributed by atoms with Crippen LogP contribution in [0.3, 0.4) is 0 Å². The minimum atomic E-state index is -4.77. The van der Waals surface area contributed by atoms with E-state index >= 15 is 0 Å². The Morgan fingerprint density at radius 3 is 2.48 bits per heavy atom. The summed E-state index contributed by atoms with van der Waals surface area (Å²) < 4.78 is 61.0. The zero-order chi connectivity index (χ0) is 23.1. The van der Waals surface area contributed by atoms with E-state index in [-0.39, 0.29) is 16.9 Å². The summed E-state index contributed by atoms with van der Waals surface area (Å²) in [5.74, 6) is -4.56. The molecule has 2 heterocycles. The first-order valence-electron chi connectivity index (χ1n) is 9.42. The fourth-order valence-corrected chi connectivity index (χ4v) is 3.73. The summed E-state index contributed by atoms with van der Waals surface area (Å²) in [5, 5.41) is 2.44. The molecule has 3 N–H and O–H groups in total. The molecule has 6 nitrogen and oxygen atoms in total. The van der Waals surface area contributed by atoms with Crippen molar-refractivity contribution in [1.29, 1.82) is 0 Å². The molecule has 1 aliphatic rings. The number of nitrogens with two attached hydrogens (primary N) is 1. The van der Waals surface area contributed by atoms with Crippen molar-refractivity contribution < 1.29 is 31.9 Å². The van der Waals surface area contributed by atoms with Gasteiger partial charge in [0.2, 0.25) is 0 Å². The zero-order valence-electron chi connectivity index (χ0n) is 17.0. The number of hydrogen-bond acceptors (Lipinski definition) is 4. The Morgan fingerprint density at radius 2 is 1.90 bits per heavy atom. The van der Waals surface area contributed by atoms with Crippen LogP contribution in [-0.2, 0) is 9.53 Å². The van der Waals surface area contributed by atoms with Gasteiger partial charge in [-0.3, -0.25) is 14.6 Å². The second-order valence-corrected chi connectivity index (χ2v) is 7.75. The van der Waals surface area contributed by atoms with Gasteiger partial charge in [-0.15, -0.1) is 0 Å². The molecule has 0 aliphatic carbocycles. The molecule has 0 saturated carbocycles. The summed E-state index contributed by atoms with van der Waals surface area (Å²) in [6.07, 6.45) is -5.10. The highest BCUT2D eigenvalue weighted by molar-refractivity contribution is 5.97. The van der Waals surface area contributed by atoms with Crippen LogP contribution in [0.5, 0.6) is 0 Å². The Morgan fingerprint density at radius 1 is 1.23 bits per heavy atom. The van der Waals surface area contributed by atoms with E-state index in [0.29, 0.717) is 5.56 Å². The number of alkyl halides is 3.